The zero-order chi connectivity index (χ0) is 14.5. The Morgan fingerprint density at radius 1 is 1.35 bits per heavy atom. The van der Waals surface area contributed by atoms with Gasteiger partial charge in [0.15, 0.2) is 0 Å². The van der Waals surface area contributed by atoms with Crippen molar-refractivity contribution in [2.24, 2.45) is 0 Å². The van der Waals surface area contributed by atoms with Crippen LogP contribution in [-0.2, 0) is 0 Å². The van der Waals surface area contributed by atoms with Crippen molar-refractivity contribution in [3.05, 3.63) is 35.5 Å². The number of benzene rings is 1. The number of unbranched alkanes of at least 4 members (excludes halogenated alkanes) is 1. The third kappa shape index (κ3) is 2.99. The van der Waals surface area contributed by atoms with Crippen molar-refractivity contribution < 1.29 is 14.6 Å². The van der Waals surface area contributed by atoms with Gasteiger partial charge in [-0.3, -0.25) is 5.10 Å². The number of ether oxygens (including phenoxy) is 1. The molecule has 5 nitrogen and oxygen atoms in total. The lowest BCUT2D eigenvalue weighted by atomic mass is 10.1. The molecule has 0 saturated heterocycles. The van der Waals surface area contributed by atoms with Crippen LogP contribution in [0.3, 0.4) is 0 Å². The molecule has 0 saturated carbocycles. The number of hydrogen-bond acceptors (Lipinski definition) is 3. The number of carbonyl (C=O) groups is 1. The first-order valence-electron chi connectivity index (χ1n) is 6.65. The minimum absolute atomic E-state index is 0.128. The largest absolute Gasteiger partial charge is 0.494 e. The van der Waals surface area contributed by atoms with Crippen molar-refractivity contribution in [3.8, 4) is 17.0 Å². The van der Waals surface area contributed by atoms with Crippen LogP contribution < -0.4 is 4.74 Å². The molecule has 0 fully saturated rings. The van der Waals surface area contributed by atoms with E-state index in [-0.39, 0.29) is 5.69 Å². The molecule has 0 bridgehead atoms. The molecule has 106 valence electrons. The maximum atomic E-state index is 11.0. The monoisotopic (exact) mass is 274 g/mol. The molecular formula is C15H18N2O3. The Balaban J connectivity index is 2.16. The van der Waals surface area contributed by atoms with E-state index in [4.69, 9.17) is 9.84 Å². The van der Waals surface area contributed by atoms with Gasteiger partial charge < -0.3 is 9.84 Å². The van der Waals surface area contributed by atoms with Gasteiger partial charge in [-0.15, -0.1) is 0 Å². The van der Waals surface area contributed by atoms with Gasteiger partial charge in [0.2, 0.25) is 0 Å². The quantitative estimate of drug-likeness (QED) is 0.793. The van der Waals surface area contributed by atoms with E-state index < -0.39 is 5.97 Å². The summed E-state index contributed by atoms with van der Waals surface area (Å²) >= 11 is 0. The highest BCUT2D eigenvalue weighted by Gasteiger charge is 2.15. The third-order valence-corrected chi connectivity index (χ3v) is 3.12. The lowest BCUT2D eigenvalue weighted by molar-refractivity contribution is 0.0689. The van der Waals surface area contributed by atoms with Crippen molar-refractivity contribution >= 4 is 5.97 Å². The minimum atomic E-state index is -0.999. The van der Waals surface area contributed by atoms with Gasteiger partial charge in [0.1, 0.15) is 11.4 Å². The summed E-state index contributed by atoms with van der Waals surface area (Å²) in [5.41, 5.74) is 2.29. The van der Waals surface area contributed by atoms with Crippen LogP contribution in [0, 0.1) is 6.92 Å². The van der Waals surface area contributed by atoms with E-state index in [1.165, 1.54) is 0 Å². The van der Waals surface area contributed by atoms with Crippen LogP contribution in [0.2, 0.25) is 0 Å². The van der Waals surface area contributed by atoms with Crippen molar-refractivity contribution in [2.75, 3.05) is 6.61 Å². The van der Waals surface area contributed by atoms with Gasteiger partial charge in [0.05, 0.1) is 12.3 Å². The van der Waals surface area contributed by atoms with E-state index >= 15 is 0 Å². The third-order valence-electron chi connectivity index (χ3n) is 3.12. The second-order valence-corrected chi connectivity index (χ2v) is 4.60. The summed E-state index contributed by atoms with van der Waals surface area (Å²) in [4.78, 5) is 11.0. The summed E-state index contributed by atoms with van der Waals surface area (Å²) in [5, 5.41) is 15.6. The average Bonchev–Trinajstić information content (AvgIpc) is 2.82. The molecule has 2 rings (SSSR count). The molecule has 1 aromatic heterocycles. The molecule has 0 aliphatic carbocycles. The average molecular weight is 274 g/mol. The molecule has 20 heavy (non-hydrogen) atoms. The number of nitrogens with one attached hydrogen (secondary N) is 1. The highest BCUT2D eigenvalue weighted by molar-refractivity contribution is 5.89. The number of H-pyrrole nitrogens is 1. The van der Waals surface area contributed by atoms with E-state index in [9.17, 15) is 4.79 Å². The molecule has 2 aromatic rings. The Morgan fingerprint density at radius 2 is 2.05 bits per heavy atom. The van der Waals surface area contributed by atoms with Crippen LogP contribution in [0.1, 0.15) is 35.8 Å². The maximum absolute atomic E-state index is 11.0. The predicted molar refractivity (Wildman–Crippen MR) is 76.1 cm³/mol. The van der Waals surface area contributed by atoms with Crippen LogP contribution in [0.15, 0.2) is 24.3 Å². The van der Waals surface area contributed by atoms with Crippen molar-refractivity contribution in [2.45, 2.75) is 26.7 Å². The molecule has 0 unspecified atom stereocenters. The van der Waals surface area contributed by atoms with Crippen molar-refractivity contribution in [1.29, 1.82) is 0 Å². The van der Waals surface area contributed by atoms with Crippen LogP contribution >= 0.6 is 0 Å². The van der Waals surface area contributed by atoms with Gasteiger partial charge in [0, 0.05) is 11.1 Å². The minimum Gasteiger partial charge on any atom is -0.494 e. The smallest absolute Gasteiger partial charge is 0.354 e. The Kier molecular flexibility index (Phi) is 4.40. The Hall–Kier alpha value is -2.30. The lowest BCUT2D eigenvalue weighted by Gasteiger charge is -2.06. The standard InChI is InChI=1S/C15H18N2O3/c1-3-4-9-20-12-7-5-11(6-8-12)13-10(2)14(15(18)19)17-16-13/h5-8H,3-4,9H2,1-2H3,(H,16,17)(H,18,19). The molecule has 0 radical (unpaired) electrons. The SMILES string of the molecule is CCCCOc1ccc(-c2n[nH]c(C(=O)O)c2C)cc1. The molecular weight excluding hydrogens is 256 g/mol. The van der Waals surface area contributed by atoms with Crippen molar-refractivity contribution in [1.82, 2.24) is 10.2 Å². The summed E-state index contributed by atoms with van der Waals surface area (Å²) in [6.45, 7) is 4.57. The summed E-state index contributed by atoms with van der Waals surface area (Å²) in [7, 11) is 0. The topological polar surface area (TPSA) is 75.2 Å². The van der Waals surface area contributed by atoms with Crippen LogP contribution in [0.5, 0.6) is 5.75 Å². The fourth-order valence-electron chi connectivity index (χ4n) is 1.93. The first kappa shape index (κ1) is 14.1. The van der Waals surface area contributed by atoms with Crippen LogP contribution in [0.4, 0.5) is 0 Å². The first-order valence-corrected chi connectivity index (χ1v) is 6.65. The summed E-state index contributed by atoms with van der Waals surface area (Å²) in [6, 6.07) is 7.52. The molecule has 2 N–H and O–H groups in total. The number of rotatable bonds is 6. The van der Waals surface area contributed by atoms with Gasteiger partial charge in [-0.2, -0.15) is 5.10 Å². The lowest BCUT2D eigenvalue weighted by Crippen LogP contribution is -1.98. The second kappa shape index (κ2) is 6.23. The maximum Gasteiger partial charge on any atom is 0.354 e. The number of hydrogen-bond donors (Lipinski definition) is 2. The van der Waals surface area contributed by atoms with Gasteiger partial charge in [-0.25, -0.2) is 4.79 Å². The van der Waals surface area contributed by atoms with Crippen molar-refractivity contribution in [3.63, 3.8) is 0 Å². The van der Waals surface area contributed by atoms with E-state index in [1.807, 2.05) is 24.3 Å². The molecule has 0 spiro atoms. The van der Waals surface area contributed by atoms with E-state index in [2.05, 4.69) is 17.1 Å². The second-order valence-electron chi connectivity index (χ2n) is 4.60. The molecule has 0 aliphatic rings. The van der Waals surface area contributed by atoms with Crippen LogP contribution in [0.25, 0.3) is 11.3 Å². The Labute approximate surface area is 117 Å². The van der Waals surface area contributed by atoms with Gasteiger partial charge in [-0.05, 0) is 37.6 Å². The normalized spacial score (nSPS) is 10.5. The van der Waals surface area contributed by atoms with E-state index in [0.29, 0.717) is 17.9 Å². The molecule has 1 heterocycles. The number of aromatic nitrogens is 2. The number of aromatic amines is 1. The molecule has 0 atom stereocenters. The van der Waals surface area contributed by atoms with Gasteiger partial charge in [-0.1, -0.05) is 13.3 Å². The summed E-state index contributed by atoms with van der Waals surface area (Å²) in [5.74, 6) is -0.186. The molecule has 0 amide bonds. The molecule has 5 heteroatoms. The molecule has 0 aliphatic heterocycles. The number of carboxylic acid groups (broad SMARTS) is 1. The summed E-state index contributed by atoms with van der Waals surface area (Å²) < 4.78 is 5.59. The zero-order valence-corrected chi connectivity index (χ0v) is 11.6. The van der Waals surface area contributed by atoms with Gasteiger partial charge >= 0.3 is 5.97 Å². The van der Waals surface area contributed by atoms with E-state index in [1.54, 1.807) is 6.92 Å². The highest BCUT2D eigenvalue weighted by atomic mass is 16.5. The Bertz CT molecular complexity index is 588. The zero-order valence-electron chi connectivity index (χ0n) is 11.6. The predicted octanol–water partition coefficient (Wildman–Crippen LogP) is 3.26. The highest BCUT2D eigenvalue weighted by Crippen LogP contribution is 2.25. The number of carboxylic acids is 1. The van der Waals surface area contributed by atoms with Gasteiger partial charge in [0.25, 0.3) is 0 Å². The summed E-state index contributed by atoms with van der Waals surface area (Å²) in [6.07, 6.45) is 2.13. The van der Waals surface area contributed by atoms with Crippen LogP contribution in [-0.4, -0.2) is 27.9 Å². The Morgan fingerprint density at radius 3 is 2.60 bits per heavy atom. The van der Waals surface area contributed by atoms with E-state index in [0.717, 1.165) is 24.2 Å². The fourth-order valence-corrected chi connectivity index (χ4v) is 1.93. The first-order chi connectivity index (χ1) is 9.63. The molecule has 1 aromatic carbocycles. The fraction of sp³-hybridized carbons (Fsp3) is 0.333. The number of nitrogens with zero attached hydrogens (tertiary/aromatic N) is 1. The number of aromatic carboxylic acids is 1.